The molecule has 2 aromatic carbocycles. The van der Waals surface area contributed by atoms with Crippen molar-refractivity contribution in [3.63, 3.8) is 0 Å². The number of furan rings is 1. The van der Waals surface area contributed by atoms with Crippen LogP contribution >= 0.6 is 0 Å². The molecule has 0 aliphatic heterocycles. The summed E-state index contributed by atoms with van der Waals surface area (Å²) in [7, 11) is 0. The highest BCUT2D eigenvalue weighted by molar-refractivity contribution is 5.78. The van der Waals surface area contributed by atoms with Gasteiger partial charge in [0, 0.05) is 0 Å². The van der Waals surface area contributed by atoms with Gasteiger partial charge in [0.15, 0.2) is 0 Å². The number of hydrogen-bond acceptors (Lipinski definition) is 3. The topological polar surface area (TPSA) is 54.3 Å². The van der Waals surface area contributed by atoms with E-state index in [1.807, 2.05) is 49.4 Å². The van der Waals surface area contributed by atoms with E-state index in [2.05, 4.69) is 42.7 Å². The van der Waals surface area contributed by atoms with E-state index in [9.17, 15) is 4.79 Å². The van der Waals surface area contributed by atoms with E-state index < -0.39 is 0 Å². The standard InChI is InChI=1S/C23H26N2O2/c1-16-11-12-20(14-17(16)2)18(3)25-22(26)15-24-23(21-10-7-13-27-21)19-8-5-4-6-9-19/h4-14,18,23-24H,15H2,1-3H3,(H,25,26)/t18-,23+/m0/s1. The maximum absolute atomic E-state index is 12.5. The summed E-state index contributed by atoms with van der Waals surface area (Å²) in [5.74, 6) is 0.740. The van der Waals surface area contributed by atoms with Crippen LogP contribution in [0.25, 0.3) is 0 Å². The Kier molecular flexibility index (Phi) is 6.09. The quantitative estimate of drug-likeness (QED) is 0.653. The van der Waals surface area contributed by atoms with Gasteiger partial charge in [-0.25, -0.2) is 0 Å². The minimum Gasteiger partial charge on any atom is -0.467 e. The molecule has 0 aliphatic rings. The molecular formula is C23H26N2O2. The van der Waals surface area contributed by atoms with Crippen molar-refractivity contribution >= 4 is 5.91 Å². The Morgan fingerprint density at radius 3 is 2.41 bits per heavy atom. The van der Waals surface area contributed by atoms with Crippen LogP contribution in [0.1, 0.15) is 47.0 Å². The molecule has 0 spiro atoms. The van der Waals surface area contributed by atoms with Gasteiger partial charge in [-0.1, -0.05) is 48.5 Å². The number of carbonyl (C=O) groups is 1. The number of amides is 1. The predicted octanol–water partition coefficient (Wildman–Crippen LogP) is 4.45. The Morgan fingerprint density at radius 2 is 1.74 bits per heavy atom. The molecule has 0 unspecified atom stereocenters. The Bertz CT molecular complexity index is 873. The monoisotopic (exact) mass is 362 g/mol. The number of aryl methyl sites for hydroxylation is 2. The van der Waals surface area contributed by atoms with Crippen molar-refractivity contribution in [1.29, 1.82) is 0 Å². The van der Waals surface area contributed by atoms with Gasteiger partial charge in [-0.05, 0) is 55.2 Å². The van der Waals surface area contributed by atoms with E-state index in [-0.39, 0.29) is 24.5 Å². The molecule has 1 amide bonds. The Morgan fingerprint density at radius 1 is 0.963 bits per heavy atom. The summed E-state index contributed by atoms with van der Waals surface area (Å²) in [5.41, 5.74) is 4.65. The molecule has 0 aliphatic carbocycles. The highest BCUT2D eigenvalue weighted by atomic mass is 16.3. The fourth-order valence-electron chi connectivity index (χ4n) is 3.09. The summed E-state index contributed by atoms with van der Waals surface area (Å²) in [6.45, 7) is 6.38. The van der Waals surface area contributed by atoms with E-state index in [0.717, 1.165) is 16.9 Å². The van der Waals surface area contributed by atoms with Crippen LogP contribution in [0.15, 0.2) is 71.3 Å². The van der Waals surface area contributed by atoms with Crippen molar-refractivity contribution in [2.45, 2.75) is 32.9 Å². The lowest BCUT2D eigenvalue weighted by molar-refractivity contribution is -0.121. The first kappa shape index (κ1) is 18.9. The zero-order valence-corrected chi connectivity index (χ0v) is 16.0. The molecule has 27 heavy (non-hydrogen) atoms. The molecule has 0 saturated heterocycles. The van der Waals surface area contributed by atoms with Crippen LogP contribution in [0.5, 0.6) is 0 Å². The molecule has 4 nitrogen and oxygen atoms in total. The average molecular weight is 362 g/mol. The fraction of sp³-hybridized carbons (Fsp3) is 0.261. The zero-order chi connectivity index (χ0) is 19.2. The molecule has 0 saturated carbocycles. The second-order valence-corrected chi connectivity index (χ2v) is 6.87. The van der Waals surface area contributed by atoms with Gasteiger partial charge in [-0.3, -0.25) is 10.1 Å². The van der Waals surface area contributed by atoms with Gasteiger partial charge in [-0.2, -0.15) is 0 Å². The van der Waals surface area contributed by atoms with Crippen LogP contribution in [0.2, 0.25) is 0 Å². The molecule has 1 aromatic heterocycles. The second kappa shape index (κ2) is 8.69. The van der Waals surface area contributed by atoms with Crippen molar-refractivity contribution in [2.24, 2.45) is 0 Å². The van der Waals surface area contributed by atoms with Crippen LogP contribution in [0.4, 0.5) is 0 Å². The van der Waals surface area contributed by atoms with Crippen molar-refractivity contribution < 1.29 is 9.21 Å². The van der Waals surface area contributed by atoms with E-state index in [4.69, 9.17) is 4.42 Å². The van der Waals surface area contributed by atoms with Crippen LogP contribution in [0.3, 0.4) is 0 Å². The average Bonchev–Trinajstić information content (AvgIpc) is 3.19. The Hall–Kier alpha value is -2.85. The Labute approximate surface area is 160 Å². The van der Waals surface area contributed by atoms with E-state index >= 15 is 0 Å². The molecule has 140 valence electrons. The van der Waals surface area contributed by atoms with Gasteiger partial charge in [0.2, 0.25) is 5.91 Å². The lowest BCUT2D eigenvalue weighted by atomic mass is 10.0. The molecule has 0 fully saturated rings. The van der Waals surface area contributed by atoms with Crippen molar-refractivity contribution in [3.05, 3.63) is 94.9 Å². The van der Waals surface area contributed by atoms with Gasteiger partial charge in [-0.15, -0.1) is 0 Å². The lowest BCUT2D eigenvalue weighted by Gasteiger charge is -2.19. The summed E-state index contributed by atoms with van der Waals surface area (Å²) in [6.07, 6.45) is 1.65. The molecular weight excluding hydrogens is 336 g/mol. The maximum atomic E-state index is 12.5. The second-order valence-electron chi connectivity index (χ2n) is 6.87. The molecule has 0 radical (unpaired) electrons. The summed E-state index contributed by atoms with van der Waals surface area (Å²) in [4.78, 5) is 12.5. The number of hydrogen-bond donors (Lipinski definition) is 2. The van der Waals surface area contributed by atoms with Crippen molar-refractivity contribution in [3.8, 4) is 0 Å². The van der Waals surface area contributed by atoms with Gasteiger partial charge < -0.3 is 9.73 Å². The third kappa shape index (κ3) is 4.86. The highest BCUT2D eigenvalue weighted by Crippen LogP contribution is 2.22. The summed E-state index contributed by atoms with van der Waals surface area (Å²) in [6, 6.07) is 19.8. The number of benzene rings is 2. The van der Waals surface area contributed by atoms with Gasteiger partial charge >= 0.3 is 0 Å². The minimum absolute atomic E-state index is 0.0441. The predicted molar refractivity (Wildman–Crippen MR) is 107 cm³/mol. The molecule has 0 bridgehead atoms. The molecule has 3 rings (SSSR count). The first-order chi connectivity index (χ1) is 13.0. The smallest absolute Gasteiger partial charge is 0.234 e. The minimum atomic E-state index is -0.163. The lowest BCUT2D eigenvalue weighted by Crippen LogP contribution is -2.37. The molecule has 3 aromatic rings. The number of nitrogens with one attached hydrogen (secondary N) is 2. The first-order valence-corrected chi connectivity index (χ1v) is 9.23. The van der Waals surface area contributed by atoms with Crippen molar-refractivity contribution in [1.82, 2.24) is 10.6 Å². The SMILES string of the molecule is Cc1ccc([C@H](C)NC(=O)CN[C@H](c2ccccc2)c2ccco2)cc1C. The van der Waals surface area contributed by atoms with E-state index in [1.54, 1.807) is 6.26 Å². The van der Waals surface area contributed by atoms with Crippen LogP contribution < -0.4 is 10.6 Å². The van der Waals surface area contributed by atoms with Gasteiger partial charge in [0.05, 0.1) is 24.9 Å². The largest absolute Gasteiger partial charge is 0.467 e. The summed E-state index contributed by atoms with van der Waals surface area (Å²) in [5, 5.41) is 6.37. The molecule has 4 heteroatoms. The van der Waals surface area contributed by atoms with Crippen molar-refractivity contribution in [2.75, 3.05) is 6.54 Å². The molecule has 1 heterocycles. The first-order valence-electron chi connectivity index (χ1n) is 9.23. The van der Waals surface area contributed by atoms with Crippen LogP contribution in [-0.2, 0) is 4.79 Å². The Balaban J connectivity index is 1.63. The fourth-order valence-corrected chi connectivity index (χ4v) is 3.09. The van der Waals surface area contributed by atoms with Gasteiger partial charge in [0.1, 0.15) is 5.76 Å². The third-order valence-electron chi connectivity index (χ3n) is 4.84. The van der Waals surface area contributed by atoms with Gasteiger partial charge in [0.25, 0.3) is 0 Å². The summed E-state index contributed by atoms with van der Waals surface area (Å²) < 4.78 is 5.56. The zero-order valence-electron chi connectivity index (χ0n) is 16.0. The highest BCUT2D eigenvalue weighted by Gasteiger charge is 2.18. The van der Waals surface area contributed by atoms with E-state index in [0.29, 0.717) is 0 Å². The van der Waals surface area contributed by atoms with Crippen LogP contribution in [-0.4, -0.2) is 12.5 Å². The third-order valence-corrected chi connectivity index (χ3v) is 4.84. The van der Waals surface area contributed by atoms with E-state index in [1.165, 1.54) is 11.1 Å². The maximum Gasteiger partial charge on any atom is 0.234 e. The molecule has 2 atom stereocenters. The number of carbonyl (C=O) groups excluding carboxylic acids is 1. The normalized spacial score (nSPS) is 13.1. The van der Waals surface area contributed by atoms with Crippen LogP contribution in [0, 0.1) is 13.8 Å². The summed E-state index contributed by atoms with van der Waals surface area (Å²) >= 11 is 0. The molecule has 2 N–H and O–H groups in total. The number of rotatable bonds is 7.